The van der Waals surface area contributed by atoms with Gasteiger partial charge in [-0.1, -0.05) is 0 Å². The highest BCUT2D eigenvalue weighted by Crippen LogP contribution is 2.35. The molecule has 1 N–H and O–H groups in total. The van der Waals surface area contributed by atoms with Crippen LogP contribution < -0.4 is 0 Å². The molecule has 2 nitrogen and oxygen atoms in total. The lowest BCUT2D eigenvalue weighted by Crippen LogP contribution is -1.83. The van der Waals surface area contributed by atoms with Crippen LogP contribution in [0.2, 0.25) is 0 Å². The third-order valence-corrected chi connectivity index (χ3v) is 3.55. The smallest absolute Gasteiger partial charge is 0.104 e. The van der Waals surface area contributed by atoms with E-state index in [4.69, 9.17) is 0 Å². The van der Waals surface area contributed by atoms with E-state index in [0.717, 1.165) is 5.82 Å². The number of nitrogens with one attached hydrogen (secondary N) is 1. The van der Waals surface area contributed by atoms with Crippen molar-refractivity contribution in [3.63, 3.8) is 0 Å². The molecular formula is C10H10N2S. The Morgan fingerprint density at radius 2 is 2.38 bits per heavy atom. The van der Waals surface area contributed by atoms with Crippen LogP contribution in [0.25, 0.3) is 11.0 Å². The number of hydrogen-bond acceptors (Lipinski definition) is 2. The first-order valence-electron chi connectivity index (χ1n) is 4.45. The monoisotopic (exact) mass is 190 g/mol. The summed E-state index contributed by atoms with van der Waals surface area (Å²) >= 11 is 1.94. The lowest BCUT2D eigenvalue weighted by atomic mass is 10.1. The quantitative estimate of drug-likeness (QED) is 0.691. The summed E-state index contributed by atoms with van der Waals surface area (Å²) in [6.45, 7) is 2.01. The number of hydrogen-bond donors (Lipinski definition) is 1. The van der Waals surface area contributed by atoms with Gasteiger partial charge in [-0.3, -0.25) is 0 Å². The molecule has 3 heteroatoms. The Morgan fingerprint density at radius 3 is 3.31 bits per heavy atom. The lowest BCUT2D eigenvalue weighted by molar-refractivity contribution is 1.14. The van der Waals surface area contributed by atoms with Gasteiger partial charge in [0.1, 0.15) is 5.82 Å². The van der Waals surface area contributed by atoms with Crippen molar-refractivity contribution in [3.05, 3.63) is 23.5 Å². The van der Waals surface area contributed by atoms with Gasteiger partial charge in [0.05, 0.1) is 11.0 Å². The van der Waals surface area contributed by atoms with E-state index < -0.39 is 0 Å². The predicted octanol–water partition coefficient (Wildman–Crippen LogP) is 2.52. The number of thioether (sulfide) groups is 1. The molecule has 0 bridgehead atoms. The van der Waals surface area contributed by atoms with Crippen LogP contribution in [-0.2, 0) is 6.42 Å². The number of aromatic amines is 1. The molecule has 3 rings (SSSR count). The Balaban J connectivity index is 2.42. The fourth-order valence-electron chi connectivity index (χ4n) is 1.88. The first-order chi connectivity index (χ1) is 6.34. The molecule has 0 amide bonds. The second kappa shape index (κ2) is 2.51. The summed E-state index contributed by atoms with van der Waals surface area (Å²) in [5.41, 5.74) is 3.80. The van der Waals surface area contributed by atoms with Gasteiger partial charge >= 0.3 is 0 Å². The Hall–Kier alpha value is -0.960. The molecule has 1 aromatic heterocycles. The molecule has 0 saturated carbocycles. The molecule has 0 fully saturated rings. The number of H-pyrrole nitrogens is 1. The normalized spacial score (nSPS) is 15.2. The summed E-state index contributed by atoms with van der Waals surface area (Å²) in [6.07, 6.45) is 1.17. The molecule has 0 radical (unpaired) electrons. The van der Waals surface area contributed by atoms with Crippen molar-refractivity contribution in [1.29, 1.82) is 0 Å². The van der Waals surface area contributed by atoms with E-state index in [2.05, 4.69) is 22.1 Å². The first-order valence-corrected chi connectivity index (χ1v) is 5.44. The van der Waals surface area contributed by atoms with Crippen LogP contribution in [0.5, 0.6) is 0 Å². The maximum atomic E-state index is 4.52. The van der Waals surface area contributed by atoms with Crippen molar-refractivity contribution in [2.75, 3.05) is 5.75 Å². The zero-order valence-corrected chi connectivity index (χ0v) is 8.24. The van der Waals surface area contributed by atoms with Gasteiger partial charge in [0, 0.05) is 10.6 Å². The maximum absolute atomic E-state index is 4.52. The highest BCUT2D eigenvalue weighted by Gasteiger charge is 2.16. The summed E-state index contributed by atoms with van der Waals surface area (Å²) in [6, 6.07) is 4.33. The van der Waals surface area contributed by atoms with Crippen LogP contribution in [-0.4, -0.2) is 15.7 Å². The zero-order chi connectivity index (χ0) is 8.84. The Morgan fingerprint density at radius 1 is 1.46 bits per heavy atom. The van der Waals surface area contributed by atoms with Crippen LogP contribution in [0.3, 0.4) is 0 Å². The number of imidazole rings is 1. The van der Waals surface area contributed by atoms with Gasteiger partial charge in [0.15, 0.2) is 0 Å². The third kappa shape index (κ3) is 1.000. The molecule has 1 aromatic carbocycles. The average Bonchev–Trinajstić information content (AvgIpc) is 2.65. The summed E-state index contributed by atoms with van der Waals surface area (Å²) < 4.78 is 0. The number of benzene rings is 1. The van der Waals surface area contributed by atoms with Crippen molar-refractivity contribution in [2.45, 2.75) is 18.2 Å². The van der Waals surface area contributed by atoms with Crippen LogP contribution in [0.4, 0.5) is 0 Å². The van der Waals surface area contributed by atoms with Gasteiger partial charge in [-0.05, 0) is 31.0 Å². The van der Waals surface area contributed by atoms with E-state index in [1.165, 1.54) is 33.7 Å². The highest BCUT2D eigenvalue weighted by molar-refractivity contribution is 7.99. The van der Waals surface area contributed by atoms with Crippen LogP contribution in [0.1, 0.15) is 11.4 Å². The van der Waals surface area contributed by atoms with Gasteiger partial charge in [0.2, 0.25) is 0 Å². The molecule has 2 aromatic rings. The predicted molar refractivity (Wildman–Crippen MR) is 55.3 cm³/mol. The molecular weight excluding hydrogens is 180 g/mol. The zero-order valence-electron chi connectivity index (χ0n) is 7.42. The maximum Gasteiger partial charge on any atom is 0.104 e. The van der Waals surface area contributed by atoms with Gasteiger partial charge in [0.25, 0.3) is 0 Å². The number of nitrogens with zero attached hydrogens (tertiary/aromatic N) is 1. The molecule has 1 aliphatic heterocycles. The second-order valence-corrected chi connectivity index (χ2v) is 4.50. The molecule has 13 heavy (non-hydrogen) atoms. The summed E-state index contributed by atoms with van der Waals surface area (Å²) in [5, 5.41) is 0. The number of fused-ring (bicyclic) bond motifs is 3. The minimum atomic E-state index is 1.01. The molecule has 66 valence electrons. The number of aryl methyl sites for hydroxylation is 2. The molecule has 0 aliphatic carbocycles. The van der Waals surface area contributed by atoms with Crippen LogP contribution >= 0.6 is 11.8 Å². The van der Waals surface area contributed by atoms with E-state index in [1.807, 2.05) is 18.7 Å². The Labute approximate surface area is 80.8 Å². The molecule has 0 unspecified atom stereocenters. The Kier molecular flexibility index (Phi) is 1.44. The SMILES string of the molecule is Cc1nc2c3c(ccc2[nH]1)SCC3. The fourth-order valence-corrected chi connectivity index (χ4v) is 2.94. The van der Waals surface area contributed by atoms with Crippen molar-refractivity contribution in [3.8, 4) is 0 Å². The minimum absolute atomic E-state index is 1.01. The minimum Gasteiger partial charge on any atom is -0.342 e. The molecule has 0 spiro atoms. The van der Waals surface area contributed by atoms with E-state index in [0.29, 0.717) is 0 Å². The number of aromatic nitrogens is 2. The lowest BCUT2D eigenvalue weighted by Gasteiger charge is -1.96. The summed E-state index contributed by atoms with van der Waals surface area (Å²) in [5.74, 6) is 2.22. The second-order valence-electron chi connectivity index (χ2n) is 3.36. The average molecular weight is 190 g/mol. The van der Waals surface area contributed by atoms with Crippen molar-refractivity contribution >= 4 is 22.8 Å². The fraction of sp³-hybridized carbons (Fsp3) is 0.300. The topological polar surface area (TPSA) is 28.7 Å². The van der Waals surface area contributed by atoms with E-state index >= 15 is 0 Å². The summed E-state index contributed by atoms with van der Waals surface area (Å²) in [7, 11) is 0. The van der Waals surface area contributed by atoms with Crippen molar-refractivity contribution < 1.29 is 0 Å². The van der Waals surface area contributed by atoms with Crippen LogP contribution in [0, 0.1) is 6.92 Å². The first kappa shape index (κ1) is 7.44. The third-order valence-electron chi connectivity index (χ3n) is 2.44. The highest BCUT2D eigenvalue weighted by atomic mass is 32.2. The van der Waals surface area contributed by atoms with Crippen molar-refractivity contribution in [2.24, 2.45) is 0 Å². The molecule has 2 heterocycles. The van der Waals surface area contributed by atoms with Gasteiger partial charge in [-0.2, -0.15) is 0 Å². The largest absolute Gasteiger partial charge is 0.342 e. The van der Waals surface area contributed by atoms with Gasteiger partial charge < -0.3 is 4.98 Å². The van der Waals surface area contributed by atoms with Gasteiger partial charge in [-0.25, -0.2) is 4.98 Å². The molecule has 0 saturated heterocycles. The molecule has 0 atom stereocenters. The number of rotatable bonds is 0. The van der Waals surface area contributed by atoms with Gasteiger partial charge in [-0.15, -0.1) is 11.8 Å². The Bertz CT molecular complexity index is 473. The van der Waals surface area contributed by atoms with E-state index in [-0.39, 0.29) is 0 Å². The van der Waals surface area contributed by atoms with Crippen molar-refractivity contribution in [1.82, 2.24) is 9.97 Å². The van der Waals surface area contributed by atoms with Crippen LogP contribution in [0.15, 0.2) is 17.0 Å². The van der Waals surface area contributed by atoms with E-state index in [1.54, 1.807) is 0 Å². The molecule has 1 aliphatic rings. The standard InChI is InChI=1S/C10H10N2S/c1-6-11-8-2-3-9-7(4-5-13-9)10(8)12-6/h2-3H,4-5H2,1H3,(H,11,12). The summed E-state index contributed by atoms with van der Waals surface area (Å²) in [4.78, 5) is 9.20. The van der Waals surface area contributed by atoms with E-state index in [9.17, 15) is 0 Å².